The number of primary amides is 1. The summed E-state index contributed by atoms with van der Waals surface area (Å²) in [7, 11) is 0. The monoisotopic (exact) mass is 266 g/mol. The van der Waals surface area contributed by atoms with E-state index in [-0.39, 0.29) is 17.8 Å². The number of nitrogens with two attached hydrogens (primary N) is 2. The Balaban J connectivity index is 2.88. The van der Waals surface area contributed by atoms with Crippen LogP contribution in [0, 0.1) is 17.0 Å². The highest BCUT2D eigenvalue weighted by Gasteiger charge is 2.19. The lowest BCUT2D eigenvalue weighted by molar-refractivity contribution is -0.385. The van der Waals surface area contributed by atoms with E-state index in [2.05, 4.69) is 5.32 Å². The van der Waals surface area contributed by atoms with Crippen molar-refractivity contribution in [1.82, 2.24) is 0 Å². The fourth-order valence-electron chi connectivity index (χ4n) is 1.49. The van der Waals surface area contributed by atoms with Crippen LogP contribution in [-0.2, 0) is 9.59 Å². The standard InChI is InChI=1S/C11H14N4O4/c1-6-8(3-2-4-9(6)15(18)19)14-11(17)7(12)5-10(13)16/h2-4,7H,5,12H2,1H3,(H2,13,16)(H,14,17). The first-order valence-electron chi connectivity index (χ1n) is 5.41. The molecular weight excluding hydrogens is 252 g/mol. The van der Waals surface area contributed by atoms with Crippen LogP contribution in [0.5, 0.6) is 0 Å². The molecule has 2 amide bonds. The average molecular weight is 266 g/mol. The third-order valence-electron chi connectivity index (χ3n) is 2.52. The Bertz CT molecular complexity index is 529. The van der Waals surface area contributed by atoms with Crippen LogP contribution in [0.2, 0.25) is 0 Å². The summed E-state index contributed by atoms with van der Waals surface area (Å²) in [6, 6.07) is 3.20. The van der Waals surface area contributed by atoms with Crippen LogP contribution in [0.1, 0.15) is 12.0 Å². The number of nitrogens with zero attached hydrogens (tertiary/aromatic N) is 1. The highest BCUT2D eigenvalue weighted by Crippen LogP contribution is 2.25. The van der Waals surface area contributed by atoms with Gasteiger partial charge in [-0.25, -0.2) is 0 Å². The Labute approximate surface area is 108 Å². The second-order valence-corrected chi connectivity index (χ2v) is 3.97. The first-order chi connectivity index (χ1) is 8.82. The molecule has 0 aliphatic rings. The minimum atomic E-state index is -1.09. The van der Waals surface area contributed by atoms with E-state index in [1.807, 2.05) is 0 Å². The van der Waals surface area contributed by atoms with Crippen molar-refractivity contribution in [1.29, 1.82) is 0 Å². The summed E-state index contributed by atoms with van der Waals surface area (Å²) in [6.07, 6.45) is -0.292. The van der Waals surface area contributed by atoms with Gasteiger partial charge in [-0.3, -0.25) is 19.7 Å². The summed E-state index contributed by atoms with van der Waals surface area (Å²) >= 11 is 0. The predicted molar refractivity (Wildman–Crippen MR) is 68.2 cm³/mol. The molecule has 8 heteroatoms. The number of nitro groups is 1. The summed E-state index contributed by atoms with van der Waals surface area (Å²) < 4.78 is 0. The third kappa shape index (κ3) is 3.75. The Kier molecular flexibility index (Phi) is 4.54. The Morgan fingerprint density at radius 1 is 1.47 bits per heavy atom. The summed E-state index contributed by atoms with van der Waals surface area (Å²) in [4.78, 5) is 32.5. The number of carbonyl (C=O) groups excluding carboxylic acids is 2. The predicted octanol–water partition coefficient (Wildman–Crippen LogP) is 0.0444. The lowest BCUT2D eigenvalue weighted by atomic mass is 10.1. The van der Waals surface area contributed by atoms with Crippen LogP contribution in [-0.4, -0.2) is 22.8 Å². The van der Waals surface area contributed by atoms with Gasteiger partial charge in [0.05, 0.1) is 28.6 Å². The summed E-state index contributed by atoms with van der Waals surface area (Å²) in [5, 5.41) is 13.2. The zero-order valence-electron chi connectivity index (χ0n) is 10.3. The minimum Gasteiger partial charge on any atom is -0.370 e. The Morgan fingerprint density at radius 2 is 2.11 bits per heavy atom. The Hall–Kier alpha value is -2.48. The molecule has 1 aromatic carbocycles. The van der Waals surface area contributed by atoms with E-state index < -0.39 is 22.8 Å². The number of hydrogen-bond acceptors (Lipinski definition) is 5. The fourth-order valence-corrected chi connectivity index (χ4v) is 1.49. The number of hydrogen-bond donors (Lipinski definition) is 3. The molecule has 0 saturated carbocycles. The second kappa shape index (κ2) is 5.91. The van der Waals surface area contributed by atoms with E-state index in [9.17, 15) is 19.7 Å². The van der Waals surface area contributed by atoms with Crippen molar-refractivity contribution in [3.05, 3.63) is 33.9 Å². The van der Waals surface area contributed by atoms with Gasteiger partial charge in [-0.05, 0) is 13.0 Å². The van der Waals surface area contributed by atoms with E-state index in [0.29, 0.717) is 5.56 Å². The molecule has 0 radical (unpaired) electrons. The van der Waals surface area contributed by atoms with Crippen molar-refractivity contribution >= 4 is 23.2 Å². The molecule has 1 rings (SSSR count). The highest BCUT2D eigenvalue weighted by molar-refractivity contribution is 5.98. The molecule has 0 fully saturated rings. The van der Waals surface area contributed by atoms with Crippen LogP contribution in [0.3, 0.4) is 0 Å². The lowest BCUT2D eigenvalue weighted by Gasteiger charge is -2.12. The molecule has 1 unspecified atom stereocenters. The fraction of sp³-hybridized carbons (Fsp3) is 0.273. The summed E-state index contributed by atoms with van der Waals surface area (Å²) in [5.74, 6) is -1.32. The maximum Gasteiger partial charge on any atom is 0.274 e. The molecule has 0 aliphatic heterocycles. The topological polar surface area (TPSA) is 141 Å². The maximum atomic E-state index is 11.7. The smallest absolute Gasteiger partial charge is 0.274 e. The number of carbonyl (C=O) groups is 2. The largest absolute Gasteiger partial charge is 0.370 e. The van der Waals surface area contributed by atoms with Gasteiger partial charge in [0.1, 0.15) is 0 Å². The molecule has 0 bridgehead atoms. The molecule has 0 saturated heterocycles. The molecule has 0 heterocycles. The normalized spacial score (nSPS) is 11.7. The van der Waals surface area contributed by atoms with Gasteiger partial charge in [0.25, 0.3) is 5.69 Å². The van der Waals surface area contributed by atoms with E-state index >= 15 is 0 Å². The van der Waals surface area contributed by atoms with Crippen molar-refractivity contribution in [3.63, 3.8) is 0 Å². The summed E-state index contributed by atoms with van der Waals surface area (Å²) in [6.45, 7) is 1.51. The average Bonchev–Trinajstić information content (AvgIpc) is 2.30. The number of nitrogens with one attached hydrogen (secondary N) is 1. The van der Waals surface area contributed by atoms with E-state index in [1.165, 1.54) is 25.1 Å². The van der Waals surface area contributed by atoms with Gasteiger partial charge in [-0.2, -0.15) is 0 Å². The highest BCUT2D eigenvalue weighted by atomic mass is 16.6. The molecule has 1 aromatic rings. The molecule has 8 nitrogen and oxygen atoms in total. The number of benzene rings is 1. The van der Waals surface area contributed by atoms with E-state index in [1.54, 1.807) is 0 Å². The zero-order valence-corrected chi connectivity index (χ0v) is 10.3. The molecular formula is C11H14N4O4. The lowest BCUT2D eigenvalue weighted by Crippen LogP contribution is -2.39. The van der Waals surface area contributed by atoms with E-state index in [0.717, 1.165) is 0 Å². The van der Waals surface area contributed by atoms with Crippen LogP contribution in [0.15, 0.2) is 18.2 Å². The van der Waals surface area contributed by atoms with Gasteiger partial charge >= 0.3 is 0 Å². The van der Waals surface area contributed by atoms with Gasteiger partial charge < -0.3 is 16.8 Å². The quantitative estimate of drug-likeness (QED) is 0.509. The number of amides is 2. The number of anilines is 1. The van der Waals surface area contributed by atoms with Crippen LogP contribution in [0.25, 0.3) is 0 Å². The molecule has 19 heavy (non-hydrogen) atoms. The molecule has 5 N–H and O–H groups in total. The first kappa shape index (κ1) is 14.6. The number of rotatable bonds is 5. The first-order valence-corrected chi connectivity index (χ1v) is 5.41. The van der Waals surface area contributed by atoms with Crippen LogP contribution >= 0.6 is 0 Å². The van der Waals surface area contributed by atoms with Crippen molar-refractivity contribution in [2.75, 3.05) is 5.32 Å². The zero-order chi connectivity index (χ0) is 14.6. The van der Waals surface area contributed by atoms with Crippen LogP contribution in [0.4, 0.5) is 11.4 Å². The Morgan fingerprint density at radius 3 is 2.63 bits per heavy atom. The van der Waals surface area contributed by atoms with Crippen molar-refractivity contribution in [2.24, 2.45) is 11.5 Å². The van der Waals surface area contributed by atoms with Gasteiger partial charge in [0.2, 0.25) is 11.8 Å². The number of nitro benzene ring substituents is 1. The van der Waals surface area contributed by atoms with Gasteiger partial charge in [-0.1, -0.05) is 6.07 Å². The van der Waals surface area contributed by atoms with Crippen molar-refractivity contribution < 1.29 is 14.5 Å². The molecule has 102 valence electrons. The van der Waals surface area contributed by atoms with Gasteiger partial charge in [0.15, 0.2) is 0 Å². The molecule has 0 spiro atoms. The second-order valence-electron chi connectivity index (χ2n) is 3.97. The third-order valence-corrected chi connectivity index (χ3v) is 2.52. The van der Waals surface area contributed by atoms with Gasteiger partial charge in [-0.15, -0.1) is 0 Å². The van der Waals surface area contributed by atoms with Gasteiger partial charge in [0, 0.05) is 6.07 Å². The molecule has 0 aliphatic carbocycles. The van der Waals surface area contributed by atoms with Crippen molar-refractivity contribution in [3.8, 4) is 0 Å². The van der Waals surface area contributed by atoms with E-state index in [4.69, 9.17) is 11.5 Å². The molecule has 1 atom stereocenters. The maximum absolute atomic E-state index is 11.7. The SMILES string of the molecule is Cc1c(NC(=O)C(N)CC(N)=O)cccc1[N+](=O)[O-]. The summed E-state index contributed by atoms with van der Waals surface area (Å²) in [5.41, 5.74) is 10.9. The van der Waals surface area contributed by atoms with Crippen molar-refractivity contribution in [2.45, 2.75) is 19.4 Å². The minimum absolute atomic E-state index is 0.110. The molecule has 0 aromatic heterocycles. The van der Waals surface area contributed by atoms with Crippen LogP contribution < -0.4 is 16.8 Å².